The van der Waals surface area contributed by atoms with Gasteiger partial charge in [-0.15, -0.1) is 0 Å². The maximum absolute atomic E-state index is 12.9. The first-order chi connectivity index (χ1) is 15.5. The highest BCUT2D eigenvalue weighted by molar-refractivity contribution is 6.30. The molecule has 1 fully saturated rings. The van der Waals surface area contributed by atoms with E-state index < -0.39 is 0 Å². The zero-order valence-electron chi connectivity index (χ0n) is 18.1. The quantitative estimate of drug-likeness (QED) is 0.616. The average molecular weight is 453 g/mol. The van der Waals surface area contributed by atoms with Gasteiger partial charge in [0.15, 0.2) is 0 Å². The molecule has 3 aromatic heterocycles. The number of hydrogen-bond acceptors (Lipinski definition) is 6. The smallest absolute Gasteiger partial charge is 0.239 e. The Hall–Kier alpha value is -3.28. The van der Waals surface area contributed by atoms with Gasteiger partial charge in [-0.3, -0.25) is 9.69 Å². The molecular weight excluding hydrogens is 428 g/mol. The second kappa shape index (κ2) is 9.47. The Bertz CT molecular complexity index is 1120. The number of nitriles is 1. The van der Waals surface area contributed by atoms with Crippen LogP contribution in [-0.2, 0) is 11.3 Å². The highest BCUT2D eigenvalue weighted by Gasteiger charge is 2.23. The molecular formula is C23H25ClN6O2. The third-order valence-corrected chi connectivity index (χ3v) is 6.09. The third kappa shape index (κ3) is 4.64. The number of furan rings is 1. The fourth-order valence-corrected chi connectivity index (χ4v) is 4.06. The van der Waals surface area contributed by atoms with Crippen molar-refractivity contribution in [3.05, 3.63) is 64.3 Å². The lowest BCUT2D eigenvalue weighted by Crippen LogP contribution is -2.49. The number of nitrogens with one attached hydrogen (secondary N) is 1. The van der Waals surface area contributed by atoms with Crippen LogP contribution in [0.15, 0.2) is 41.1 Å². The molecule has 9 heteroatoms. The van der Waals surface area contributed by atoms with Crippen LogP contribution in [0.3, 0.4) is 0 Å². The van der Waals surface area contributed by atoms with Gasteiger partial charge in [-0.1, -0.05) is 11.6 Å². The second-order valence-electron chi connectivity index (χ2n) is 7.86. The summed E-state index contributed by atoms with van der Waals surface area (Å²) in [5.41, 5.74) is 2.27. The van der Waals surface area contributed by atoms with E-state index in [1.807, 2.05) is 42.7 Å². The van der Waals surface area contributed by atoms with Crippen molar-refractivity contribution in [3.63, 3.8) is 0 Å². The number of aromatic nitrogens is 2. The normalized spacial score (nSPS) is 14.4. The highest BCUT2D eigenvalue weighted by atomic mass is 35.5. The first kappa shape index (κ1) is 21.9. The number of anilines is 2. The van der Waals surface area contributed by atoms with Gasteiger partial charge in [0.1, 0.15) is 23.5 Å². The minimum absolute atomic E-state index is 0.141. The molecule has 1 saturated heterocycles. The fraction of sp³-hybridized carbons (Fsp3) is 0.348. The molecule has 0 spiro atoms. The molecule has 0 aliphatic carbocycles. The number of halogens is 1. The molecule has 4 rings (SSSR count). The van der Waals surface area contributed by atoms with Crippen LogP contribution in [-0.4, -0.2) is 53.1 Å². The van der Waals surface area contributed by atoms with Crippen LogP contribution in [0.1, 0.15) is 22.6 Å². The van der Waals surface area contributed by atoms with E-state index in [0.717, 1.165) is 49.0 Å². The first-order valence-corrected chi connectivity index (χ1v) is 10.8. The van der Waals surface area contributed by atoms with Gasteiger partial charge in [0.2, 0.25) is 5.91 Å². The highest BCUT2D eigenvalue weighted by Crippen LogP contribution is 2.27. The SMILES string of the molecule is Cc1c(C#N)c(NC(=O)CN2CCN(c3ccc(Cl)cn3)CC2)n(Cc2ccco2)c1C. The molecule has 8 nitrogen and oxygen atoms in total. The van der Waals surface area contributed by atoms with Crippen LogP contribution in [0, 0.1) is 25.2 Å². The molecule has 166 valence electrons. The van der Waals surface area contributed by atoms with Crippen LogP contribution in [0.25, 0.3) is 0 Å². The zero-order chi connectivity index (χ0) is 22.7. The molecule has 1 aliphatic heterocycles. The van der Waals surface area contributed by atoms with Gasteiger partial charge in [-0.05, 0) is 43.7 Å². The van der Waals surface area contributed by atoms with Crippen molar-refractivity contribution in [2.24, 2.45) is 0 Å². The monoisotopic (exact) mass is 452 g/mol. The van der Waals surface area contributed by atoms with Crippen LogP contribution < -0.4 is 10.2 Å². The lowest BCUT2D eigenvalue weighted by Gasteiger charge is -2.35. The summed E-state index contributed by atoms with van der Waals surface area (Å²) in [5.74, 6) is 2.03. The largest absolute Gasteiger partial charge is 0.467 e. The van der Waals surface area contributed by atoms with E-state index in [1.165, 1.54) is 0 Å². The number of piperazine rings is 1. The topological polar surface area (TPSA) is 90.3 Å². The summed E-state index contributed by atoms with van der Waals surface area (Å²) in [5, 5.41) is 13.3. The van der Waals surface area contributed by atoms with E-state index >= 15 is 0 Å². The summed E-state index contributed by atoms with van der Waals surface area (Å²) in [6, 6.07) is 9.68. The average Bonchev–Trinajstić information content (AvgIpc) is 3.38. The summed E-state index contributed by atoms with van der Waals surface area (Å²) in [7, 11) is 0. The first-order valence-electron chi connectivity index (χ1n) is 10.5. The van der Waals surface area contributed by atoms with Crippen LogP contribution in [0.5, 0.6) is 0 Å². The molecule has 0 bridgehead atoms. The van der Waals surface area contributed by atoms with Crippen molar-refractivity contribution in [3.8, 4) is 6.07 Å². The van der Waals surface area contributed by atoms with E-state index in [2.05, 4.69) is 26.2 Å². The number of pyridine rings is 1. The number of nitrogens with zero attached hydrogens (tertiary/aromatic N) is 5. The van der Waals surface area contributed by atoms with Gasteiger partial charge >= 0.3 is 0 Å². The molecule has 0 unspecified atom stereocenters. The Kier molecular flexibility index (Phi) is 6.49. The summed E-state index contributed by atoms with van der Waals surface area (Å²) in [6.07, 6.45) is 3.26. The molecule has 3 aromatic rings. The van der Waals surface area contributed by atoms with Crippen LogP contribution >= 0.6 is 11.6 Å². The van der Waals surface area contributed by atoms with E-state index in [0.29, 0.717) is 22.9 Å². The summed E-state index contributed by atoms with van der Waals surface area (Å²) in [4.78, 5) is 21.5. The number of hydrogen-bond donors (Lipinski definition) is 1. The Morgan fingerprint density at radius 2 is 2.03 bits per heavy atom. The van der Waals surface area contributed by atoms with Gasteiger partial charge in [-0.25, -0.2) is 4.98 Å². The van der Waals surface area contributed by atoms with Crippen molar-refractivity contribution in [1.29, 1.82) is 5.26 Å². The van der Waals surface area contributed by atoms with Crippen LogP contribution in [0.4, 0.5) is 11.6 Å². The minimum atomic E-state index is -0.141. The van der Waals surface area contributed by atoms with Gasteiger partial charge in [-0.2, -0.15) is 5.26 Å². The minimum Gasteiger partial charge on any atom is -0.467 e. The molecule has 0 saturated carbocycles. The molecule has 4 heterocycles. The molecule has 0 aromatic carbocycles. The Labute approximate surface area is 192 Å². The third-order valence-electron chi connectivity index (χ3n) is 5.87. The number of carbonyl (C=O) groups is 1. The predicted octanol–water partition coefficient (Wildman–Crippen LogP) is 3.43. The Morgan fingerprint density at radius 3 is 2.66 bits per heavy atom. The van der Waals surface area contributed by atoms with Crippen molar-refractivity contribution < 1.29 is 9.21 Å². The lowest BCUT2D eigenvalue weighted by atomic mass is 10.2. The maximum atomic E-state index is 12.9. The van der Waals surface area contributed by atoms with Crippen LogP contribution in [0.2, 0.25) is 5.02 Å². The van der Waals surface area contributed by atoms with Crippen molar-refractivity contribution in [2.45, 2.75) is 20.4 Å². The zero-order valence-corrected chi connectivity index (χ0v) is 18.9. The lowest BCUT2D eigenvalue weighted by molar-refractivity contribution is -0.117. The number of rotatable bonds is 6. The molecule has 1 N–H and O–H groups in total. The van der Waals surface area contributed by atoms with Crippen molar-refractivity contribution >= 4 is 29.1 Å². The van der Waals surface area contributed by atoms with Gasteiger partial charge < -0.3 is 19.2 Å². The van der Waals surface area contributed by atoms with E-state index in [-0.39, 0.29) is 12.5 Å². The van der Waals surface area contributed by atoms with Gasteiger partial charge in [0.25, 0.3) is 0 Å². The molecule has 0 radical (unpaired) electrons. The second-order valence-corrected chi connectivity index (χ2v) is 8.29. The predicted molar refractivity (Wildman–Crippen MR) is 123 cm³/mol. The number of carbonyl (C=O) groups excluding carboxylic acids is 1. The molecule has 0 atom stereocenters. The standard InChI is InChI=1S/C23H25ClN6O2/c1-16-17(2)30(14-19-4-3-11-32-19)23(20(16)12-25)27-22(31)15-28-7-9-29(10-8-28)21-6-5-18(24)13-26-21/h3-6,11,13H,7-10,14-15H2,1-2H3,(H,27,31). The fourth-order valence-electron chi connectivity index (χ4n) is 3.95. The van der Waals surface area contributed by atoms with Crippen molar-refractivity contribution in [1.82, 2.24) is 14.5 Å². The maximum Gasteiger partial charge on any atom is 0.239 e. The molecule has 1 amide bonds. The summed E-state index contributed by atoms with van der Waals surface area (Å²) in [6.45, 7) is 7.59. The van der Waals surface area contributed by atoms with Crippen molar-refractivity contribution in [2.75, 3.05) is 42.9 Å². The van der Waals surface area contributed by atoms with Gasteiger partial charge in [0.05, 0.1) is 29.9 Å². The Balaban J connectivity index is 1.41. The van der Waals surface area contributed by atoms with E-state index in [1.54, 1.807) is 12.5 Å². The summed E-state index contributed by atoms with van der Waals surface area (Å²) < 4.78 is 7.39. The molecule has 1 aliphatic rings. The summed E-state index contributed by atoms with van der Waals surface area (Å²) >= 11 is 5.92. The van der Waals surface area contributed by atoms with Gasteiger partial charge in [0, 0.05) is 38.1 Å². The Morgan fingerprint density at radius 1 is 1.25 bits per heavy atom. The molecule has 32 heavy (non-hydrogen) atoms. The van der Waals surface area contributed by atoms with E-state index in [4.69, 9.17) is 16.0 Å². The van der Waals surface area contributed by atoms with E-state index in [9.17, 15) is 10.1 Å². The number of amides is 1.